The lowest BCUT2D eigenvalue weighted by Crippen LogP contribution is -2.35. The molecular formula is C11H10BrClN2O2. The van der Waals surface area contributed by atoms with Crippen molar-refractivity contribution in [2.45, 2.75) is 6.42 Å². The summed E-state index contributed by atoms with van der Waals surface area (Å²) in [7, 11) is 0. The number of hydrogen-bond donors (Lipinski definition) is 1. The third kappa shape index (κ3) is 2.79. The molecule has 1 aromatic rings. The summed E-state index contributed by atoms with van der Waals surface area (Å²) in [5.41, 5.74) is 0.636. The molecule has 0 spiro atoms. The van der Waals surface area contributed by atoms with Gasteiger partial charge in [0, 0.05) is 17.4 Å². The Morgan fingerprint density at radius 3 is 2.82 bits per heavy atom. The van der Waals surface area contributed by atoms with Crippen LogP contribution in [0, 0.1) is 0 Å². The van der Waals surface area contributed by atoms with Gasteiger partial charge in [-0.1, -0.05) is 27.5 Å². The standard InChI is InChI=1S/C11H10BrClN2O2/c12-7-1-2-9(8(13)5-7)15-4-3-10(16)14-6-11(15)17/h1-2,5H,3-4,6H2,(H,14,16). The zero-order valence-corrected chi connectivity index (χ0v) is 11.2. The van der Waals surface area contributed by atoms with E-state index < -0.39 is 0 Å². The topological polar surface area (TPSA) is 49.4 Å². The molecule has 1 aliphatic rings. The number of halogens is 2. The third-order valence-electron chi connectivity index (χ3n) is 2.50. The van der Waals surface area contributed by atoms with Crippen LogP contribution in [0.4, 0.5) is 5.69 Å². The van der Waals surface area contributed by atoms with E-state index in [9.17, 15) is 9.59 Å². The van der Waals surface area contributed by atoms with Crippen molar-refractivity contribution >= 4 is 45.0 Å². The lowest BCUT2D eigenvalue weighted by molar-refractivity contribution is -0.123. The van der Waals surface area contributed by atoms with Crippen molar-refractivity contribution in [1.29, 1.82) is 0 Å². The van der Waals surface area contributed by atoms with Crippen molar-refractivity contribution in [1.82, 2.24) is 5.32 Å². The predicted molar refractivity (Wildman–Crippen MR) is 69.1 cm³/mol. The van der Waals surface area contributed by atoms with Gasteiger partial charge in [-0.2, -0.15) is 0 Å². The van der Waals surface area contributed by atoms with Gasteiger partial charge in [-0.05, 0) is 18.2 Å². The molecule has 1 saturated heterocycles. The Hall–Kier alpha value is -1.07. The van der Waals surface area contributed by atoms with E-state index in [0.29, 0.717) is 17.3 Å². The molecule has 17 heavy (non-hydrogen) atoms. The van der Waals surface area contributed by atoms with Crippen LogP contribution in [0.15, 0.2) is 22.7 Å². The Labute approximate surface area is 112 Å². The minimum atomic E-state index is -0.153. The van der Waals surface area contributed by atoms with E-state index in [1.54, 1.807) is 12.1 Å². The fourth-order valence-corrected chi connectivity index (χ4v) is 2.43. The summed E-state index contributed by atoms with van der Waals surface area (Å²) in [6, 6.07) is 5.30. The number of benzene rings is 1. The second-order valence-corrected chi connectivity index (χ2v) is 4.99. The van der Waals surface area contributed by atoms with E-state index >= 15 is 0 Å². The second-order valence-electron chi connectivity index (χ2n) is 3.67. The van der Waals surface area contributed by atoms with Crippen LogP contribution in [-0.2, 0) is 9.59 Å². The number of hydrogen-bond acceptors (Lipinski definition) is 2. The maximum atomic E-state index is 11.8. The molecule has 0 unspecified atom stereocenters. The van der Waals surface area contributed by atoms with Gasteiger partial charge < -0.3 is 10.2 Å². The van der Waals surface area contributed by atoms with E-state index in [2.05, 4.69) is 21.2 Å². The first-order valence-electron chi connectivity index (χ1n) is 5.10. The average Bonchev–Trinajstić information content (AvgIpc) is 2.43. The minimum absolute atomic E-state index is 0.0191. The van der Waals surface area contributed by atoms with E-state index in [4.69, 9.17) is 11.6 Å². The number of nitrogens with one attached hydrogen (secondary N) is 1. The van der Waals surface area contributed by atoms with Crippen molar-refractivity contribution < 1.29 is 9.59 Å². The van der Waals surface area contributed by atoms with E-state index in [1.807, 2.05) is 6.07 Å². The lowest BCUT2D eigenvalue weighted by atomic mass is 10.2. The second kappa shape index (κ2) is 5.06. The molecule has 1 N–H and O–H groups in total. The highest BCUT2D eigenvalue weighted by Crippen LogP contribution is 2.29. The number of carbonyl (C=O) groups excluding carboxylic acids is 2. The summed E-state index contributed by atoms with van der Waals surface area (Å²) >= 11 is 9.39. The normalized spacial score (nSPS) is 16.7. The summed E-state index contributed by atoms with van der Waals surface area (Å²) in [6.07, 6.45) is 0.290. The molecule has 2 rings (SSSR count). The van der Waals surface area contributed by atoms with Gasteiger partial charge in [0.15, 0.2) is 0 Å². The molecule has 0 bridgehead atoms. The molecule has 2 amide bonds. The van der Waals surface area contributed by atoms with Gasteiger partial charge in [-0.3, -0.25) is 9.59 Å². The van der Waals surface area contributed by atoms with Crippen molar-refractivity contribution in [3.63, 3.8) is 0 Å². The zero-order chi connectivity index (χ0) is 12.4. The fraction of sp³-hybridized carbons (Fsp3) is 0.273. The Morgan fingerprint density at radius 1 is 1.35 bits per heavy atom. The Bertz CT molecular complexity index is 479. The van der Waals surface area contributed by atoms with Crippen LogP contribution in [0.3, 0.4) is 0 Å². The van der Waals surface area contributed by atoms with Crippen LogP contribution in [0.2, 0.25) is 5.02 Å². The molecule has 1 heterocycles. The summed E-state index contributed by atoms with van der Waals surface area (Å²) in [6.45, 7) is 0.372. The molecule has 1 fully saturated rings. The van der Waals surface area contributed by atoms with Gasteiger partial charge in [0.2, 0.25) is 11.8 Å². The smallest absolute Gasteiger partial charge is 0.246 e. The first kappa shape index (κ1) is 12.4. The summed E-state index contributed by atoms with van der Waals surface area (Å²) in [5, 5.41) is 3.03. The predicted octanol–water partition coefficient (Wildman–Crippen LogP) is 1.96. The molecule has 0 radical (unpaired) electrons. The Morgan fingerprint density at radius 2 is 2.12 bits per heavy atom. The number of anilines is 1. The van der Waals surface area contributed by atoms with E-state index in [0.717, 1.165) is 4.47 Å². The first-order chi connectivity index (χ1) is 8.08. The number of rotatable bonds is 1. The van der Waals surface area contributed by atoms with Gasteiger partial charge in [0.05, 0.1) is 17.3 Å². The van der Waals surface area contributed by atoms with Crippen molar-refractivity contribution in [2.24, 2.45) is 0 Å². The molecule has 0 atom stereocenters. The van der Waals surface area contributed by atoms with Crippen molar-refractivity contribution in [3.05, 3.63) is 27.7 Å². The van der Waals surface area contributed by atoms with Crippen LogP contribution >= 0.6 is 27.5 Å². The van der Waals surface area contributed by atoms with Crippen LogP contribution in [0.5, 0.6) is 0 Å². The van der Waals surface area contributed by atoms with Gasteiger partial charge in [-0.15, -0.1) is 0 Å². The maximum Gasteiger partial charge on any atom is 0.246 e. The summed E-state index contributed by atoms with van der Waals surface area (Å²) in [4.78, 5) is 24.6. The maximum absolute atomic E-state index is 11.8. The van der Waals surface area contributed by atoms with Crippen molar-refractivity contribution in [2.75, 3.05) is 18.0 Å². The lowest BCUT2D eigenvalue weighted by Gasteiger charge is -2.21. The zero-order valence-electron chi connectivity index (χ0n) is 8.87. The molecule has 0 aliphatic carbocycles. The van der Waals surface area contributed by atoms with Gasteiger partial charge in [0.25, 0.3) is 0 Å². The first-order valence-corrected chi connectivity index (χ1v) is 6.27. The molecule has 6 heteroatoms. The molecular weight excluding hydrogens is 307 g/mol. The van der Waals surface area contributed by atoms with Crippen LogP contribution in [0.25, 0.3) is 0 Å². The SMILES string of the molecule is O=C1CCN(c2ccc(Br)cc2Cl)C(=O)CN1. The minimum Gasteiger partial charge on any atom is -0.347 e. The van der Waals surface area contributed by atoms with E-state index in [-0.39, 0.29) is 24.8 Å². The molecule has 4 nitrogen and oxygen atoms in total. The largest absolute Gasteiger partial charge is 0.347 e. The van der Waals surface area contributed by atoms with Crippen molar-refractivity contribution in [3.8, 4) is 0 Å². The molecule has 0 aromatic heterocycles. The third-order valence-corrected chi connectivity index (χ3v) is 3.30. The average molecular weight is 318 g/mol. The quantitative estimate of drug-likeness (QED) is 0.861. The molecule has 1 aromatic carbocycles. The highest BCUT2D eigenvalue weighted by Gasteiger charge is 2.22. The van der Waals surface area contributed by atoms with Gasteiger partial charge >= 0.3 is 0 Å². The number of nitrogens with zero attached hydrogens (tertiary/aromatic N) is 1. The number of carbonyl (C=O) groups is 2. The van der Waals surface area contributed by atoms with Crippen LogP contribution in [0.1, 0.15) is 6.42 Å². The number of amides is 2. The highest BCUT2D eigenvalue weighted by molar-refractivity contribution is 9.10. The fourth-order valence-electron chi connectivity index (χ4n) is 1.65. The molecule has 1 aliphatic heterocycles. The summed E-state index contributed by atoms with van der Waals surface area (Å²) in [5.74, 6) is -0.269. The Balaban J connectivity index is 2.31. The Kier molecular flexibility index (Phi) is 3.69. The van der Waals surface area contributed by atoms with E-state index in [1.165, 1.54) is 4.90 Å². The van der Waals surface area contributed by atoms with Gasteiger partial charge in [-0.25, -0.2) is 0 Å². The highest BCUT2D eigenvalue weighted by atomic mass is 79.9. The monoisotopic (exact) mass is 316 g/mol. The van der Waals surface area contributed by atoms with Crippen LogP contribution in [-0.4, -0.2) is 24.9 Å². The van der Waals surface area contributed by atoms with Gasteiger partial charge in [0.1, 0.15) is 0 Å². The molecule has 90 valence electrons. The summed E-state index contributed by atoms with van der Waals surface area (Å²) < 4.78 is 0.850. The van der Waals surface area contributed by atoms with Crippen LogP contribution < -0.4 is 10.2 Å². The molecule has 0 saturated carbocycles.